The van der Waals surface area contributed by atoms with Gasteiger partial charge in [-0.05, 0) is 18.9 Å². The van der Waals surface area contributed by atoms with Crippen LogP contribution in [0.15, 0.2) is 6.20 Å². The number of nitrogens with zero attached hydrogens (tertiary/aromatic N) is 5. The van der Waals surface area contributed by atoms with Gasteiger partial charge < -0.3 is 14.7 Å². The van der Waals surface area contributed by atoms with Gasteiger partial charge in [0, 0.05) is 63.4 Å². The van der Waals surface area contributed by atoms with Crippen LogP contribution in [-0.4, -0.2) is 65.4 Å². The van der Waals surface area contributed by atoms with Gasteiger partial charge in [0.1, 0.15) is 0 Å². The first-order valence-electron chi connectivity index (χ1n) is 9.01. The molecule has 1 atom stereocenters. The number of piperazine rings is 1. The third kappa shape index (κ3) is 2.88. The number of hydrogen-bond donors (Lipinski definition) is 0. The highest BCUT2D eigenvalue weighted by Crippen LogP contribution is 2.52. The van der Waals surface area contributed by atoms with Crippen LogP contribution < -0.4 is 4.90 Å². The quantitative estimate of drug-likeness (QED) is 0.815. The maximum Gasteiger partial charge on any atom is 0.226 e. The Morgan fingerprint density at radius 2 is 1.92 bits per heavy atom. The summed E-state index contributed by atoms with van der Waals surface area (Å²) in [6.07, 6.45) is 3.80. The molecule has 0 aromatic carbocycles. The van der Waals surface area contributed by atoms with Crippen molar-refractivity contribution in [3.8, 4) is 0 Å². The summed E-state index contributed by atoms with van der Waals surface area (Å²) in [5.41, 5.74) is 2.43. The summed E-state index contributed by atoms with van der Waals surface area (Å²) in [5, 5.41) is 0. The molecule has 1 aromatic rings. The predicted molar refractivity (Wildman–Crippen MR) is 92.8 cm³/mol. The van der Waals surface area contributed by atoms with Gasteiger partial charge in [0.2, 0.25) is 11.9 Å². The smallest absolute Gasteiger partial charge is 0.226 e. The number of rotatable bonds is 2. The summed E-state index contributed by atoms with van der Waals surface area (Å²) in [5.74, 6) is 1.38. The zero-order valence-electron chi connectivity index (χ0n) is 15.0. The van der Waals surface area contributed by atoms with Gasteiger partial charge in [-0.25, -0.2) is 9.97 Å². The first kappa shape index (κ1) is 15.8. The Balaban J connectivity index is 1.45. The minimum Gasteiger partial charge on any atom is -0.338 e. The van der Waals surface area contributed by atoms with Crippen LogP contribution in [0.3, 0.4) is 0 Å². The normalized spacial score (nSPS) is 26.2. The molecule has 2 fully saturated rings. The molecule has 0 N–H and O–H groups in total. The molecule has 1 amide bonds. The third-order valence-corrected chi connectivity index (χ3v) is 5.83. The summed E-state index contributed by atoms with van der Waals surface area (Å²) in [6.45, 7) is 9.90. The number of amides is 1. The highest BCUT2D eigenvalue weighted by molar-refractivity contribution is 5.82. The predicted octanol–water partition coefficient (Wildman–Crippen LogP) is 1.16. The van der Waals surface area contributed by atoms with Crippen molar-refractivity contribution in [2.45, 2.75) is 33.2 Å². The van der Waals surface area contributed by atoms with E-state index in [1.165, 1.54) is 0 Å². The SMILES string of the molecule is CN1CCN(c2ncc3c(n2)CCN(C(=O)[C@H]2CC2(C)C)C3)CC1. The third-order valence-electron chi connectivity index (χ3n) is 5.83. The molecule has 0 bridgehead atoms. The summed E-state index contributed by atoms with van der Waals surface area (Å²) in [4.78, 5) is 28.6. The largest absolute Gasteiger partial charge is 0.338 e. The molecule has 1 saturated carbocycles. The van der Waals surface area contributed by atoms with Crippen molar-refractivity contribution in [3.05, 3.63) is 17.5 Å². The monoisotopic (exact) mass is 329 g/mol. The molecule has 130 valence electrons. The molecule has 1 saturated heterocycles. The number of anilines is 1. The van der Waals surface area contributed by atoms with Crippen molar-refractivity contribution >= 4 is 11.9 Å². The minimum atomic E-state index is 0.194. The van der Waals surface area contributed by atoms with Crippen molar-refractivity contribution in [1.82, 2.24) is 19.8 Å². The van der Waals surface area contributed by atoms with Crippen LogP contribution in [0, 0.1) is 11.3 Å². The van der Waals surface area contributed by atoms with Crippen molar-refractivity contribution < 1.29 is 4.79 Å². The second-order valence-corrected chi connectivity index (χ2v) is 8.19. The number of likely N-dealkylation sites (N-methyl/N-ethyl adjacent to an activating group) is 1. The molecular weight excluding hydrogens is 302 g/mol. The number of carbonyl (C=O) groups excluding carboxylic acids is 1. The molecule has 3 heterocycles. The van der Waals surface area contributed by atoms with E-state index < -0.39 is 0 Å². The van der Waals surface area contributed by atoms with Crippen LogP contribution in [0.2, 0.25) is 0 Å². The van der Waals surface area contributed by atoms with Gasteiger partial charge in [0.15, 0.2) is 0 Å². The number of carbonyl (C=O) groups is 1. The van der Waals surface area contributed by atoms with E-state index in [1.54, 1.807) is 0 Å². The molecule has 6 heteroatoms. The summed E-state index contributed by atoms with van der Waals surface area (Å²) >= 11 is 0. The molecule has 3 aliphatic rings. The summed E-state index contributed by atoms with van der Waals surface area (Å²) in [6, 6.07) is 0. The number of aromatic nitrogens is 2. The first-order chi connectivity index (χ1) is 11.4. The Bertz CT molecular complexity index is 651. The highest BCUT2D eigenvalue weighted by atomic mass is 16.2. The average Bonchev–Trinajstić information content (AvgIpc) is 3.22. The van der Waals surface area contributed by atoms with E-state index in [0.717, 1.165) is 62.8 Å². The van der Waals surface area contributed by atoms with E-state index in [0.29, 0.717) is 12.5 Å². The lowest BCUT2D eigenvalue weighted by Gasteiger charge is -2.33. The zero-order chi connectivity index (χ0) is 16.9. The second kappa shape index (κ2) is 5.69. The molecule has 2 aliphatic heterocycles. The molecule has 1 aromatic heterocycles. The van der Waals surface area contributed by atoms with Gasteiger partial charge >= 0.3 is 0 Å². The van der Waals surface area contributed by atoms with Gasteiger partial charge in [-0.2, -0.15) is 0 Å². The Kier molecular flexibility index (Phi) is 3.75. The first-order valence-corrected chi connectivity index (χ1v) is 9.01. The Hall–Kier alpha value is -1.69. The van der Waals surface area contributed by atoms with Crippen LogP contribution in [0.25, 0.3) is 0 Å². The van der Waals surface area contributed by atoms with Crippen molar-refractivity contribution in [2.75, 3.05) is 44.7 Å². The maximum atomic E-state index is 12.6. The molecular formula is C18H27N5O. The molecule has 6 nitrogen and oxygen atoms in total. The second-order valence-electron chi connectivity index (χ2n) is 8.19. The Morgan fingerprint density at radius 1 is 1.21 bits per heavy atom. The lowest BCUT2D eigenvalue weighted by Crippen LogP contribution is -2.45. The van der Waals surface area contributed by atoms with Crippen molar-refractivity contribution in [3.63, 3.8) is 0 Å². The van der Waals surface area contributed by atoms with Crippen LogP contribution in [-0.2, 0) is 17.8 Å². The lowest BCUT2D eigenvalue weighted by molar-refractivity contribution is -0.134. The van der Waals surface area contributed by atoms with Crippen LogP contribution >= 0.6 is 0 Å². The molecule has 1 aliphatic carbocycles. The summed E-state index contributed by atoms with van der Waals surface area (Å²) in [7, 11) is 2.15. The van der Waals surface area contributed by atoms with Crippen molar-refractivity contribution in [2.24, 2.45) is 11.3 Å². The summed E-state index contributed by atoms with van der Waals surface area (Å²) < 4.78 is 0. The van der Waals surface area contributed by atoms with Gasteiger partial charge in [-0.3, -0.25) is 4.79 Å². The minimum absolute atomic E-state index is 0.194. The molecule has 0 unspecified atom stereocenters. The zero-order valence-corrected chi connectivity index (χ0v) is 15.0. The topological polar surface area (TPSA) is 52.6 Å². The number of fused-ring (bicyclic) bond motifs is 1. The van der Waals surface area contributed by atoms with Crippen LogP contribution in [0.1, 0.15) is 31.5 Å². The van der Waals surface area contributed by atoms with Gasteiger partial charge in [0.25, 0.3) is 0 Å². The van der Waals surface area contributed by atoms with E-state index in [4.69, 9.17) is 4.98 Å². The fourth-order valence-electron chi connectivity index (χ4n) is 3.76. The average molecular weight is 329 g/mol. The van der Waals surface area contributed by atoms with Crippen LogP contribution in [0.4, 0.5) is 5.95 Å². The standard InChI is InChI=1S/C18H27N5O/c1-18(2)10-14(18)16(24)23-5-4-15-13(12-23)11-19-17(20-15)22-8-6-21(3)7-9-22/h11,14H,4-10,12H2,1-3H3/t14-/m1/s1. The van der Waals surface area contributed by atoms with E-state index in [2.05, 4.69) is 35.7 Å². The molecule has 24 heavy (non-hydrogen) atoms. The van der Waals surface area contributed by atoms with E-state index in [1.807, 2.05) is 11.1 Å². The van der Waals surface area contributed by atoms with Crippen molar-refractivity contribution in [1.29, 1.82) is 0 Å². The fraction of sp³-hybridized carbons (Fsp3) is 0.722. The number of hydrogen-bond acceptors (Lipinski definition) is 5. The Labute approximate surface area is 143 Å². The highest BCUT2D eigenvalue weighted by Gasteiger charge is 2.52. The van der Waals surface area contributed by atoms with E-state index >= 15 is 0 Å². The molecule has 4 rings (SSSR count). The fourth-order valence-corrected chi connectivity index (χ4v) is 3.76. The Morgan fingerprint density at radius 3 is 2.58 bits per heavy atom. The van der Waals surface area contributed by atoms with Crippen LogP contribution in [0.5, 0.6) is 0 Å². The van der Waals surface area contributed by atoms with Gasteiger partial charge in [-0.15, -0.1) is 0 Å². The maximum absolute atomic E-state index is 12.6. The molecule has 0 spiro atoms. The molecule has 0 radical (unpaired) electrons. The van der Waals surface area contributed by atoms with Gasteiger partial charge in [0.05, 0.1) is 5.69 Å². The van der Waals surface area contributed by atoms with Gasteiger partial charge in [-0.1, -0.05) is 13.8 Å². The van der Waals surface area contributed by atoms with E-state index in [9.17, 15) is 4.79 Å². The lowest BCUT2D eigenvalue weighted by atomic mass is 10.0. The van der Waals surface area contributed by atoms with E-state index in [-0.39, 0.29) is 11.3 Å².